The number of hydrogen-bond donors (Lipinski definition) is 2. The molecule has 2 aromatic heterocycles. The normalized spacial score (nSPS) is 11.0. The highest BCUT2D eigenvalue weighted by Crippen LogP contribution is 2.20. The predicted octanol–water partition coefficient (Wildman–Crippen LogP) is 3.61. The Bertz CT molecular complexity index is 1280. The van der Waals surface area contributed by atoms with Crippen LogP contribution >= 0.6 is 0 Å². The van der Waals surface area contributed by atoms with Gasteiger partial charge in [0.15, 0.2) is 0 Å². The van der Waals surface area contributed by atoms with Gasteiger partial charge in [-0.25, -0.2) is 9.67 Å². The Morgan fingerprint density at radius 2 is 1.80 bits per heavy atom. The average molecular weight is 401 g/mol. The summed E-state index contributed by atoms with van der Waals surface area (Å²) in [5.41, 5.74) is 4.39. The molecule has 7 heteroatoms. The maximum absolute atomic E-state index is 12.6. The molecule has 7 nitrogen and oxygen atoms in total. The quantitative estimate of drug-likeness (QED) is 0.534. The van der Waals surface area contributed by atoms with Gasteiger partial charge in [0.1, 0.15) is 11.6 Å². The van der Waals surface area contributed by atoms with Crippen LogP contribution in [0.4, 0.5) is 5.82 Å². The fourth-order valence-electron chi connectivity index (χ4n) is 3.55. The minimum atomic E-state index is -0.195. The number of nitrogens with one attached hydrogen (secondary N) is 2. The molecule has 1 amide bonds. The summed E-state index contributed by atoms with van der Waals surface area (Å²) in [5.74, 6) is 0.937. The molecule has 4 rings (SSSR count). The number of amides is 1. The van der Waals surface area contributed by atoms with E-state index in [1.54, 1.807) is 22.9 Å². The molecule has 0 aliphatic rings. The molecule has 0 radical (unpaired) electrons. The van der Waals surface area contributed by atoms with E-state index in [9.17, 15) is 9.59 Å². The smallest absolute Gasteiger partial charge is 0.258 e. The Morgan fingerprint density at radius 1 is 1.07 bits per heavy atom. The number of benzene rings is 2. The average Bonchev–Trinajstić information content (AvgIpc) is 3.06. The summed E-state index contributed by atoms with van der Waals surface area (Å²) >= 11 is 0. The molecule has 2 aromatic carbocycles. The van der Waals surface area contributed by atoms with Crippen molar-refractivity contribution in [1.82, 2.24) is 19.7 Å². The van der Waals surface area contributed by atoms with Crippen molar-refractivity contribution >= 4 is 22.6 Å². The van der Waals surface area contributed by atoms with Gasteiger partial charge in [-0.3, -0.25) is 9.59 Å². The fourth-order valence-corrected chi connectivity index (χ4v) is 3.55. The molecule has 2 N–H and O–H groups in total. The molecular formula is C23H23N5O2. The standard InChI is InChI=1S/C23H23N5O2/c1-14-10-15(2)12-17(11-14)28-21(13-16(3)27-28)26-22(29)9-8-20-24-19-7-5-4-6-18(19)23(30)25-20/h4-7,10-13H,8-9H2,1-3H3,(H,26,29)(H,24,25,30). The lowest BCUT2D eigenvalue weighted by Crippen LogP contribution is -2.18. The summed E-state index contributed by atoms with van der Waals surface area (Å²) in [6.07, 6.45) is 0.529. The molecule has 0 atom stereocenters. The van der Waals surface area contributed by atoms with Crippen LogP contribution in [0.2, 0.25) is 0 Å². The Hall–Kier alpha value is -3.74. The highest BCUT2D eigenvalue weighted by molar-refractivity contribution is 5.90. The predicted molar refractivity (Wildman–Crippen MR) is 117 cm³/mol. The number of anilines is 1. The van der Waals surface area contributed by atoms with Crippen LogP contribution in [0, 0.1) is 20.8 Å². The number of aromatic amines is 1. The lowest BCUT2D eigenvalue weighted by Gasteiger charge is -2.10. The van der Waals surface area contributed by atoms with E-state index in [0.717, 1.165) is 22.5 Å². The SMILES string of the molecule is Cc1cc(C)cc(-n2nc(C)cc2NC(=O)CCc2nc3ccccc3c(=O)[nH]2)c1. The summed E-state index contributed by atoms with van der Waals surface area (Å²) in [7, 11) is 0. The number of fused-ring (bicyclic) bond motifs is 1. The topological polar surface area (TPSA) is 92.7 Å². The number of carbonyl (C=O) groups is 1. The van der Waals surface area contributed by atoms with Crippen LogP contribution in [0.15, 0.2) is 53.3 Å². The molecule has 2 heterocycles. The molecule has 0 saturated heterocycles. The Morgan fingerprint density at radius 3 is 2.57 bits per heavy atom. The van der Waals surface area contributed by atoms with Crippen molar-refractivity contribution in [3.63, 3.8) is 0 Å². The van der Waals surface area contributed by atoms with Crippen LogP contribution in [0.1, 0.15) is 29.1 Å². The Balaban J connectivity index is 1.51. The second-order valence-corrected chi connectivity index (χ2v) is 7.51. The van der Waals surface area contributed by atoms with Gasteiger partial charge in [0, 0.05) is 18.9 Å². The van der Waals surface area contributed by atoms with E-state index >= 15 is 0 Å². The highest BCUT2D eigenvalue weighted by Gasteiger charge is 2.13. The summed E-state index contributed by atoms with van der Waals surface area (Å²) < 4.78 is 1.74. The number of aryl methyl sites for hydroxylation is 4. The first-order valence-electron chi connectivity index (χ1n) is 9.82. The van der Waals surface area contributed by atoms with Crippen LogP contribution in [-0.2, 0) is 11.2 Å². The monoisotopic (exact) mass is 401 g/mol. The van der Waals surface area contributed by atoms with Crippen molar-refractivity contribution in [2.45, 2.75) is 33.6 Å². The van der Waals surface area contributed by atoms with E-state index in [1.807, 2.05) is 45.0 Å². The maximum atomic E-state index is 12.6. The van der Waals surface area contributed by atoms with Crippen LogP contribution < -0.4 is 10.9 Å². The van der Waals surface area contributed by atoms with Crippen molar-refractivity contribution in [3.05, 3.63) is 81.5 Å². The molecule has 0 aliphatic heterocycles. The van der Waals surface area contributed by atoms with Gasteiger partial charge in [0.25, 0.3) is 5.56 Å². The fraction of sp³-hybridized carbons (Fsp3) is 0.217. The van der Waals surface area contributed by atoms with Gasteiger partial charge in [-0.05, 0) is 56.2 Å². The van der Waals surface area contributed by atoms with Crippen molar-refractivity contribution in [1.29, 1.82) is 0 Å². The second-order valence-electron chi connectivity index (χ2n) is 7.51. The van der Waals surface area contributed by atoms with Gasteiger partial charge in [-0.15, -0.1) is 0 Å². The molecule has 0 aliphatic carbocycles. The molecule has 0 unspecified atom stereocenters. The van der Waals surface area contributed by atoms with E-state index in [0.29, 0.717) is 29.0 Å². The third-order valence-corrected chi connectivity index (χ3v) is 4.80. The van der Waals surface area contributed by atoms with Crippen molar-refractivity contribution in [2.75, 3.05) is 5.32 Å². The zero-order chi connectivity index (χ0) is 21.3. The first kappa shape index (κ1) is 19.6. The summed E-state index contributed by atoms with van der Waals surface area (Å²) in [4.78, 5) is 32.0. The third-order valence-electron chi connectivity index (χ3n) is 4.80. The number of rotatable bonds is 5. The molecule has 0 bridgehead atoms. The summed E-state index contributed by atoms with van der Waals surface area (Å²) in [6, 6.07) is 15.1. The number of hydrogen-bond acceptors (Lipinski definition) is 4. The summed E-state index contributed by atoms with van der Waals surface area (Å²) in [6.45, 7) is 5.95. The van der Waals surface area contributed by atoms with Gasteiger partial charge in [-0.2, -0.15) is 5.10 Å². The first-order valence-corrected chi connectivity index (χ1v) is 9.82. The Kier molecular flexibility index (Phi) is 5.18. The minimum Gasteiger partial charge on any atom is -0.311 e. The van der Waals surface area contributed by atoms with Crippen molar-refractivity contribution in [2.24, 2.45) is 0 Å². The van der Waals surface area contributed by atoms with Crippen molar-refractivity contribution < 1.29 is 4.79 Å². The molecule has 0 fully saturated rings. The molecule has 0 spiro atoms. The number of nitrogens with zero attached hydrogens (tertiary/aromatic N) is 3. The number of carbonyl (C=O) groups excluding carboxylic acids is 1. The van der Waals surface area contributed by atoms with E-state index in [4.69, 9.17) is 0 Å². The van der Waals surface area contributed by atoms with Gasteiger partial charge < -0.3 is 10.3 Å². The molecule has 152 valence electrons. The highest BCUT2D eigenvalue weighted by atomic mass is 16.1. The van der Waals surface area contributed by atoms with Crippen LogP contribution in [0.3, 0.4) is 0 Å². The van der Waals surface area contributed by atoms with Crippen LogP contribution in [0.25, 0.3) is 16.6 Å². The first-order chi connectivity index (χ1) is 14.4. The lowest BCUT2D eigenvalue weighted by atomic mass is 10.1. The number of para-hydroxylation sites is 1. The van der Waals surface area contributed by atoms with Crippen LogP contribution in [-0.4, -0.2) is 25.7 Å². The molecular weight excluding hydrogens is 378 g/mol. The van der Waals surface area contributed by atoms with E-state index < -0.39 is 0 Å². The Labute approximate surface area is 173 Å². The minimum absolute atomic E-state index is 0.170. The second kappa shape index (κ2) is 7.94. The lowest BCUT2D eigenvalue weighted by molar-refractivity contribution is -0.116. The van der Waals surface area contributed by atoms with Gasteiger partial charge in [0.05, 0.1) is 22.3 Å². The van der Waals surface area contributed by atoms with Crippen molar-refractivity contribution in [3.8, 4) is 5.69 Å². The van der Waals surface area contributed by atoms with Gasteiger partial charge >= 0.3 is 0 Å². The summed E-state index contributed by atoms with van der Waals surface area (Å²) in [5, 5.41) is 8.00. The number of H-pyrrole nitrogens is 1. The third kappa shape index (κ3) is 4.15. The van der Waals surface area contributed by atoms with E-state index in [1.165, 1.54) is 0 Å². The van der Waals surface area contributed by atoms with E-state index in [2.05, 4.69) is 26.4 Å². The van der Waals surface area contributed by atoms with Gasteiger partial charge in [0.2, 0.25) is 5.91 Å². The molecule has 0 saturated carbocycles. The molecule has 4 aromatic rings. The van der Waals surface area contributed by atoms with E-state index in [-0.39, 0.29) is 17.9 Å². The van der Waals surface area contributed by atoms with Gasteiger partial charge in [-0.1, -0.05) is 18.2 Å². The largest absolute Gasteiger partial charge is 0.311 e. The maximum Gasteiger partial charge on any atom is 0.258 e. The molecule has 30 heavy (non-hydrogen) atoms. The number of aromatic nitrogens is 4. The zero-order valence-corrected chi connectivity index (χ0v) is 17.2. The zero-order valence-electron chi connectivity index (χ0n) is 17.2. The van der Waals surface area contributed by atoms with Crippen LogP contribution in [0.5, 0.6) is 0 Å².